The normalized spacial score (nSPS) is 21.0. The van der Waals surface area contributed by atoms with Gasteiger partial charge in [0.05, 0.1) is 0 Å². The lowest BCUT2D eigenvalue weighted by atomic mass is 10.0. The van der Waals surface area contributed by atoms with Crippen molar-refractivity contribution in [2.75, 3.05) is 26.2 Å². The standard InChI is InChI=1S/C26H31N5O3/c32-24-9-8-23(25(33)29-24)31-17-22-20(2-1-3-21(22)26(31)34)15-28-14-18-4-6-19(7-5-18)16-30-12-10-27-11-13-30/h1-7,23,27-28H,8-17H2,(H,29,32,33). The number of carbonyl (C=O) groups excluding carboxylic acids is 3. The summed E-state index contributed by atoms with van der Waals surface area (Å²) in [5, 5.41) is 9.24. The molecule has 2 saturated heterocycles. The minimum atomic E-state index is -0.585. The fourth-order valence-corrected chi connectivity index (χ4v) is 5.05. The van der Waals surface area contributed by atoms with Crippen molar-refractivity contribution in [3.8, 4) is 0 Å². The van der Waals surface area contributed by atoms with Gasteiger partial charge in [-0.1, -0.05) is 36.4 Å². The maximum Gasteiger partial charge on any atom is 0.255 e. The predicted molar refractivity (Wildman–Crippen MR) is 128 cm³/mol. The highest BCUT2D eigenvalue weighted by molar-refractivity contribution is 6.05. The number of nitrogens with zero attached hydrogens (tertiary/aromatic N) is 2. The van der Waals surface area contributed by atoms with Gasteiger partial charge in [-0.3, -0.25) is 24.6 Å². The average molecular weight is 462 g/mol. The van der Waals surface area contributed by atoms with Gasteiger partial charge in [0.2, 0.25) is 11.8 Å². The van der Waals surface area contributed by atoms with Crippen LogP contribution in [0.15, 0.2) is 42.5 Å². The minimum Gasteiger partial charge on any atom is -0.322 e. The Kier molecular flexibility index (Phi) is 6.71. The highest BCUT2D eigenvalue weighted by Crippen LogP contribution is 2.29. The zero-order valence-electron chi connectivity index (χ0n) is 19.3. The van der Waals surface area contributed by atoms with Gasteiger partial charge in [-0.15, -0.1) is 0 Å². The van der Waals surface area contributed by atoms with Crippen molar-refractivity contribution in [3.05, 3.63) is 70.3 Å². The lowest BCUT2D eigenvalue weighted by Gasteiger charge is -2.29. The van der Waals surface area contributed by atoms with Crippen molar-refractivity contribution in [2.24, 2.45) is 0 Å². The molecule has 1 unspecified atom stereocenters. The fraction of sp³-hybridized carbons (Fsp3) is 0.423. The first-order chi connectivity index (χ1) is 16.6. The molecule has 0 spiro atoms. The van der Waals surface area contributed by atoms with Crippen LogP contribution in [0.25, 0.3) is 0 Å². The third kappa shape index (κ3) is 4.89. The zero-order chi connectivity index (χ0) is 23.5. The van der Waals surface area contributed by atoms with Gasteiger partial charge in [0.15, 0.2) is 0 Å². The molecular formula is C26H31N5O3. The summed E-state index contributed by atoms with van der Waals surface area (Å²) in [7, 11) is 0. The Morgan fingerprint density at radius 2 is 1.71 bits per heavy atom. The van der Waals surface area contributed by atoms with Gasteiger partial charge < -0.3 is 15.5 Å². The summed E-state index contributed by atoms with van der Waals surface area (Å²) in [6.07, 6.45) is 0.640. The van der Waals surface area contributed by atoms with Crippen LogP contribution in [0.2, 0.25) is 0 Å². The van der Waals surface area contributed by atoms with E-state index in [0.717, 1.165) is 50.4 Å². The minimum absolute atomic E-state index is 0.133. The van der Waals surface area contributed by atoms with Crippen molar-refractivity contribution in [3.63, 3.8) is 0 Å². The molecule has 0 radical (unpaired) electrons. The molecule has 0 saturated carbocycles. The van der Waals surface area contributed by atoms with E-state index in [1.54, 1.807) is 4.90 Å². The van der Waals surface area contributed by atoms with Crippen LogP contribution in [0.3, 0.4) is 0 Å². The van der Waals surface area contributed by atoms with Gasteiger partial charge in [0.25, 0.3) is 5.91 Å². The molecule has 8 nitrogen and oxygen atoms in total. The zero-order valence-corrected chi connectivity index (χ0v) is 19.3. The van der Waals surface area contributed by atoms with Gasteiger partial charge in [-0.25, -0.2) is 0 Å². The summed E-state index contributed by atoms with van der Waals surface area (Å²) in [6, 6.07) is 13.9. The van der Waals surface area contributed by atoms with E-state index in [1.807, 2.05) is 18.2 Å². The quantitative estimate of drug-likeness (QED) is 0.536. The molecule has 3 heterocycles. The van der Waals surface area contributed by atoms with E-state index >= 15 is 0 Å². The average Bonchev–Trinajstić information content (AvgIpc) is 3.18. The SMILES string of the molecule is O=C1CCC(N2Cc3c(CNCc4ccc(CN5CCNCC5)cc4)cccc3C2=O)C(=O)N1. The number of imide groups is 1. The van der Waals surface area contributed by atoms with Crippen molar-refractivity contribution < 1.29 is 14.4 Å². The molecule has 2 aromatic carbocycles. The van der Waals surface area contributed by atoms with Crippen LogP contribution < -0.4 is 16.0 Å². The number of benzene rings is 2. The number of hydrogen-bond donors (Lipinski definition) is 3. The molecule has 34 heavy (non-hydrogen) atoms. The topological polar surface area (TPSA) is 93.8 Å². The summed E-state index contributed by atoms with van der Waals surface area (Å²) in [6.45, 7) is 7.07. The molecule has 3 N–H and O–H groups in total. The van der Waals surface area contributed by atoms with Crippen LogP contribution in [0, 0.1) is 0 Å². The van der Waals surface area contributed by atoms with Crippen molar-refractivity contribution in [2.45, 2.75) is 45.1 Å². The number of hydrogen-bond acceptors (Lipinski definition) is 6. The molecule has 2 fully saturated rings. The van der Waals surface area contributed by atoms with Gasteiger partial charge in [0, 0.05) is 64.3 Å². The number of amides is 3. The Hall–Kier alpha value is -3.07. The Balaban J connectivity index is 1.17. The second-order valence-electron chi connectivity index (χ2n) is 9.29. The molecule has 178 valence electrons. The first kappa shape index (κ1) is 22.7. The third-order valence-corrected chi connectivity index (χ3v) is 6.96. The maximum atomic E-state index is 13.0. The molecule has 0 bridgehead atoms. The van der Waals surface area contributed by atoms with Crippen LogP contribution in [-0.2, 0) is 35.8 Å². The Morgan fingerprint density at radius 3 is 2.47 bits per heavy atom. The lowest BCUT2D eigenvalue weighted by Crippen LogP contribution is -2.52. The van der Waals surface area contributed by atoms with Crippen LogP contribution in [0.1, 0.15) is 45.5 Å². The lowest BCUT2D eigenvalue weighted by molar-refractivity contribution is -0.136. The highest BCUT2D eigenvalue weighted by Gasteiger charge is 2.39. The van der Waals surface area contributed by atoms with Crippen molar-refractivity contribution in [1.82, 2.24) is 25.8 Å². The van der Waals surface area contributed by atoms with Crippen LogP contribution in [0.5, 0.6) is 0 Å². The Morgan fingerprint density at radius 1 is 0.941 bits per heavy atom. The van der Waals surface area contributed by atoms with Gasteiger partial charge in [-0.05, 0) is 34.7 Å². The van der Waals surface area contributed by atoms with Crippen LogP contribution in [-0.4, -0.2) is 59.7 Å². The highest BCUT2D eigenvalue weighted by atomic mass is 16.2. The summed E-state index contributed by atoms with van der Waals surface area (Å²) in [4.78, 5) is 40.8. The van der Waals surface area contributed by atoms with E-state index in [4.69, 9.17) is 0 Å². The van der Waals surface area contributed by atoms with E-state index in [0.29, 0.717) is 25.1 Å². The Labute approximate surface area is 199 Å². The number of rotatable bonds is 7. The number of piperazine rings is 1. The molecule has 2 aromatic rings. The molecule has 3 aliphatic heterocycles. The van der Waals surface area contributed by atoms with Crippen molar-refractivity contribution >= 4 is 17.7 Å². The third-order valence-electron chi connectivity index (χ3n) is 6.96. The summed E-state index contributed by atoms with van der Waals surface area (Å²) >= 11 is 0. The van der Waals surface area contributed by atoms with Gasteiger partial charge >= 0.3 is 0 Å². The van der Waals surface area contributed by atoms with Crippen LogP contribution >= 0.6 is 0 Å². The number of fused-ring (bicyclic) bond motifs is 1. The summed E-state index contributed by atoms with van der Waals surface area (Å²) in [5.41, 5.74) is 5.24. The monoisotopic (exact) mass is 461 g/mol. The molecular weight excluding hydrogens is 430 g/mol. The molecule has 5 rings (SSSR count). The van der Waals surface area contributed by atoms with E-state index in [9.17, 15) is 14.4 Å². The maximum absolute atomic E-state index is 13.0. The molecule has 8 heteroatoms. The molecule has 1 atom stereocenters. The molecule has 0 aliphatic carbocycles. The first-order valence-corrected chi connectivity index (χ1v) is 12.1. The number of piperidine rings is 1. The van der Waals surface area contributed by atoms with E-state index in [-0.39, 0.29) is 24.1 Å². The molecule has 3 amide bonds. The molecule has 0 aromatic heterocycles. The van der Waals surface area contributed by atoms with E-state index in [2.05, 4.69) is 45.1 Å². The first-order valence-electron chi connectivity index (χ1n) is 12.1. The van der Waals surface area contributed by atoms with Gasteiger partial charge in [-0.2, -0.15) is 0 Å². The van der Waals surface area contributed by atoms with E-state index < -0.39 is 6.04 Å². The Bertz CT molecular complexity index is 1080. The number of nitrogens with one attached hydrogen (secondary N) is 3. The fourth-order valence-electron chi connectivity index (χ4n) is 5.05. The summed E-state index contributed by atoms with van der Waals surface area (Å²) in [5.74, 6) is -0.781. The molecule has 3 aliphatic rings. The van der Waals surface area contributed by atoms with Gasteiger partial charge in [0.1, 0.15) is 6.04 Å². The second kappa shape index (κ2) is 10.0. The summed E-state index contributed by atoms with van der Waals surface area (Å²) < 4.78 is 0. The van der Waals surface area contributed by atoms with E-state index in [1.165, 1.54) is 11.1 Å². The van der Waals surface area contributed by atoms with Crippen molar-refractivity contribution in [1.29, 1.82) is 0 Å². The number of carbonyl (C=O) groups is 3. The smallest absolute Gasteiger partial charge is 0.255 e. The second-order valence-corrected chi connectivity index (χ2v) is 9.29. The predicted octanol–water partition coefficient (Wildman–Crippen LogP) is 1.14. The van der Waals surface area contributed by atoms with Crippen LogP contribution in [0.4, 0.5) is 0 Å². The largest absolute Gasteiger partial charge is 0.322 e.